The summed E-state index contributed by atoms with van der Waals surface area (Å²) in [5, 5.41) is -0.173. The molecule has 58 valence electrons. The molecule has 0 aliphatic heterocycles. The fourth-order valence-electron chi connectivity index (χ4n) is 0.882. The lowest BCUT2D eigenvalue weighted by Gasteiger charge is -2.03. The first-order valence-electron chi connectivity index (χ1n) is 3.47. The van der Waals surface area contributed by atoms with Crippen LogP contribution in [0.15, 0.2) is 30.3 Å². The molecule has 0 radical (unpaired) electrons. The average Bonchev–Trinajstić information content (AvgIpc) is 2.07. The van der Waals surface area contributed by atoms with Gasteiger partial charge in [0.2, 0.25) is 0 Å². The van der Waals surface area contributed by atoms with E-state index >= 15 is 0 Å². The summed E-state index contributed by atoms with van der Waals surface area (Å²) in [6.07, 6.45) is 1.22. The van der Waals surface area contributed by atoms with Gasteiger partial charge < -0.3 is 4.79 Å². The van der Waals surface area contributed by atoms with Gasteiger partial charge in [0.1, 0.15) is 6.29 Å². The highest BCUT2D eigenvalue weighted by Crippen LogP contribution is 2.21. The molecular weight excluding hydrogens is 160 g/mol. The van der Waals surface area contributed by atoms with Crippen LogP contribution in [0.5, 0.6) is 0 Å². The van der Waals surface area contributed by atoms with Crippen molar-refractivity contribution in [3.8, 4) is 0 Å². The standard InChI is InChI=1S/C9H9ClO/c10-9(6-7-11)8-4-2-1-3-5-8/h1-5,7,9H,6H2. The molecule has 0 spiro atoms. The molecule has 11 heavy (non-hydrogen) atoms. The summed E-state index contributed by atoms with van der Waals surface area (Å²) in [6, 6.07) is 9.58. The number of carbonyl (C=O) groups is 1. The average molecular weight is 169 g/mol. The number of hydrogen-bond donors (Lipinski definition) is 0. The van der Waals surface area contributed by atoms with E-state index in [1.807, 2.05) is 30.3 Å². The molecule has 2 heteroatoms. The predicted molar refractivity (Wildman–Crippen MR) is 45.7 cm³/mol. The third kappa shape index (κ3) is 2.35. The number of halogens is 1. The summed E-state index contributed by atoms with van der Waals surface area (Å²) in [7, 11) is 0. The lowest BCUT2D eigenvalue weighted by atomic mass is 10.1. The second-order valence-corrected chi connectivity index (χ2v) is 2.81. The van der Waals surface area contributed by atoms with Crippen LogP contribution in [-0.2, 0) is 4.79 Å². The smallest absolute Gasteiger partial charge is 0.121 e. The van der Waals surface area contributed by atoms with Crippen LogP contribution in [-0.4, -0.2) is 6.29 Å². The maximum absolute atomic E-state index is 10.1. The van der Waals surface area contributed by atoms with Crippen LogP contribution in [0.1, 0.15) is 17.4 Å². The zero-order chi connectivity index (χ0) is 8.10. The van der Waals surface area contributed by atoms with Gasteiger partial charge in [-0.25, -0.2) is 0 Å². The lowest BCUT2D eigenvalue weighted by molar-refractivity contribution is -0.107. The molecule has 1 rings (SSSR count). The van der Waals surface area contributed by atoms with Crippen molar-refractivity contribution in [1.29, 1.82) is 0 Å². The Morgan fingerprint density at radius 1 is 1.36 bits per heavy atom. The molecule has 0 aliphatic carbocycles. The summed E-state index contributed by atoms with van der Waals surface area (Å²) in [4.78, 5) is 10.1. The molecule has 0 aromatic heterocycles. The van der Waals surface area contributed by atoms with Gasteiger partial charge in [-0.15, -0.1) is 11.6 Å². The van der Waals surface area contributed by atoms with Gasteiger partial charge in [0.25, 0.3) is 0 Å². The zero-order valence-electron chi connectivity index (χ0n) is 6.03. The Bertz CT molecular complexity index is 220. The van der Waals surface area contributed by atoms with Crippen LogP contribution in [0.3, 0.4) is 0 Å². The van der Waals surface area contributed by atoms with Crippen LogP contribution in [0, 0.1) is 0 Å². The fourth-order valence-corrected chi connectivity index (χ4v) is 1.10. The maximum atomic E-state index is 10.1. The Hall–Kier alpha value is -0.820. The highest BCUT2D eigenvalue weighted by Gasteiger charge is 2.04. The van der Waals surface area contributed by atoms with Crippen LogP contribution in [0.25, 0.3) is 0 Å². The summed E-state index contributed by atoms with van der Waals surface area (Å²) in [5.74, 6) is 0. The van der Waals surface area contributed by atoms with E-state index < -0.39 is 0 Å². The van der Waals surface area contributed by atoms with Gasteiger partial charge in [0, 0.05) is 6.42 Å². The van der Waals surface area contributed by atoms with E-state index in [2.05, 4.69) is 0 Å². The lowest BCUT2D eigenvalue weighted by Crippen LogP contribution is -1.89. The minimum atomic E-state index is -0.173. The van der Waals surface area contributed by atoms with Crippen molar-refractivity contribution >= 4 is 17.9 Å². The number of benzene rings is 1. The first-order valence-corrected chi connectivity index (χ1v) is 3.91. The highest BCUT2D eigenvalue weighted by molar-refractivity contribution is 6.21. The minimum Gasteiger partial charge on any atom is -0.303 e. The molecule has 0 aliphatic rings. The van der Waals surface area contributed by atoms with E-state index in [0.29, 0.717) is 6.42 Å². The molecule has 0 saturated carbocycles. The largest absolute Gasteiger partial charge is 0.303 e. The zero-order valence-corrected chi connectivity index (χ0v) is 6.79. The summed E-state index contributed by atoms with van der Waals surface area (Å²) in [6.45, 7) is 0. The number of carbonyl (C=O) groups excluding carboxylic acids is 1. The van der Waals surface area contributed by atoms with Crippen molar-refractivity contribution in [2.24, 2.45) is 0 Å². The van der Waals surface area contributed by atoms with Gasteiger partial charge >= 0.3 is 0 Å². The Balaban J connectivity index is 2.68. The topological polar surface area (TPSA) is 17.1 Å². The third-order valence-electron chi connectivity index (χ3n) is 1.46. The van der Waals surface area contributed by atoms with Gasteiger partial charge in [-0.05, 0) is 5.56 Å². The number of hydrogen-bond acceptors (Lipinski definition) is 1. The van der Waals surface area contributed by atoms with Gasteiger partial charge in [0.05, 0.1) is 5.38 Å². The molecule has 0 N–H and O–H groups in total. The van der Waals surface area contributed by atoms with Crippen molar-refractivity contribution in [3.05, 3.63) is 35.9 Å². The molecule has 1 aromatic carbocycles. The first kappa shape index (κ1) is 8.28. The SMILES string of the molecule is O=CCC(Cl)c1ccccc1. The molecule has 1 atom stereocenters. The van der Waals surface area contributed by atoms with E-state index in [0.717, 1.165) is 11.8 Å². The molecule has 1 nitrogen and oxygen atoms in total. The Morgan fingerprint density at radius 3 is 2.55 bits per heavy atom. The molecule has 0 saturated heterocycles. The molecular formula is C9H9ClO. The van der Waals surface area contributed by atoms with Crippen molar-refractivity contribution in [3.63, 3.8) is 0 Å². The van der Waals surface area contributed by atoms with Crippen LogP contribution in [0.4, 0.5) is 0 Å². The van der Waals surface area contributed by atoms with E-state index in [9.17, 15) is 4.79 Å². The quantitative estimate of drug-likeness (QED) is 0.501. The molecule has 1 aromatic rings. The van der Waals surface area contributed by atoms with Crippen LogP contribution in [0.2, 0.25) is 0 Å². The summed E-state index contributed by atoms with van der Waals surface area (Å²) >= 11 is 5.88. The summed E-state index contributed by atoms with van der Waals surface area (Å²) < 4.78 is 0. The highest BCUT2D eigenvalue weighted by atomic mass is 35.5. The third-order valence-corrected chi connectivity index (χ3v) is 1.89. The number of aldehydes is 1. The predicted octanol–water partition coefficient (Wildman–Crippen LogP) is 2.56. The Kier molecular flexibility index (Phi) is 3.12. The van der Waals surface area contributed by atoms with E-state index in [-0.39, 0.29) is 5.38 Å². The van der Waals surface area contributed by atoms with Crippen molar-refractivity contribution < 1.29 is 4.79 Å². The van der Waals surface area contributed by atoms with Gasteiger partial charge in [0.15, 0.2) is 0 Å². The van der Waals surface area contributed by atoms with Gasteiger partial charge in [-0.2, -0.15) is 0 Å². The van der Waals surface area contributed by atoms with E-state index in [4.69, 9.17) is 11.6 Å². The second-order valence-electron chi connectivity index (χ2n) is 2.28. The van der Waals surface area contributed by atoms with Crippen molar-refractivity contribution in [1.82, 2.24) is 0 Å². The molecule has 1 unspecified atom stereocenters. The minimum absolute atomic E-state index is 0.173. The Labute approximate surface area is 71.0 Å². The summed E-state index contributed by atoms with van der Waals surface area (Å²) in [5.41, 5.74) is 1.00. The molecule has 0 heterocycles. The number of alkyl halides is 1. The van der Waals surface area contributed by atoms with Crippen molar-refractivity contribution in [2.45, 2.75) is 11.8 Å². The van der Waals surface area contributed by atoms with Gasteiger partial charge in [-0.3, -0.25) is 0 Å². The fraction of sp³-hybridized carbons (Fsp3) is 0.222. The maximum Gasteiger partial charge on any atom is 0.121 e. The van der Waals surface area contributed by atoms with Crippen LogP contribution >= 0.6 is 11.6 Å². The number of rotatable bonds is 3. The monoisotopic (exact) mass is 168 g/mol. The first-order chi connectivity index (χ1) is 5.34. The molecule has 0 bridgehead atoms. The van der Waals surface area contributed by atoms with E-state index in [1.165, 1.54) is 0 Å². The molecule has 0 amide bonds. The molecule has 0 fully saturated rings. The van der Waals surface area contributed by atoms with E-state index in [1.54, 1.807) is 0 Å². The normalized spacial score (nSPS) is 12.5. The van der Waals surface area contributed by atoms with Crippen molar-refractivity contribution in [2.75, 3.05) is 0 Å². The second kappa shape index (κ2) is 4.14. The van der Waals surface area contributed by atoms with Crippen LogP contribution < -0.4 is 0 Å². The Morgan fingerprint density at radius 2 is 2.00 bits per heavy atom. The van der Waals surface area contributed by atoms with Gasteiger partial charge in [-0.1, -0.05) is 30.3 Å².